The van der Waals surface area contributed by atoms with E-state index in [1.807, 2.05) is 6.92 Å². The molecule has 1 amide bonds. The van der Waals surface area contributed by atoms with Gasteiger partial charge in [0.1, 0.15) is 0 Å². The number of hydrogen-bond acceptors (Lipinski definition) is 4. The molecule has 0 bridgehead atoms. The molecule has 0 saturated heterocycles. The minimum atomic E-state index is -4.53. The summed E-state index contributed by atoms with van der Waals surface area (Å²) in [7, 11) is 0. The lowest BCUT2D eigenvalue weighted by Crippen LogP contribution is -2.26. The topological polar surface area (TPSA) is 59.3 Å². The summed E-state index contributed by atoms with van der Waals surface area (Å²) in [6.45, 7) is 2.58. The van der Waals surface area contributed by atoms with Gasteiger partial charge in [-0.3, -0.25) is 9.20 Å². The van der Waals surface area contributed by atoms with Gasteiger partial charge in [0.25, 0.3) is 0 Å². The summed E-state index contributed by atoms with van der Waals surface area (Å²) >= 11 is 6.82. The highest BCUT2D eigenvalue weighted by molar-refractivity contribution is 7.99. The highest BCUT2D eigenvalue weighted by Gasteiger charge is 2.32. The molecule has 0 radical (unpaired) electrons. The van der Waals surface area contributed by atoms with Crippen LogP contribution in [-0.2, 0) is 11.0 Å². The van der Waals surface area contributed by atoms with Crippen LogP contribution in [0.4, 0.5) is 13.2 Å². The molecule has 5 nitrogen and oxygen atoms in total. The van der Waals surface area contributed by atoms with E-state index in [2.05, 4.69) is 15.5 Å². The minimum Gasteiger partial charge on any atom is -0.355 e. The molecule has 126 valence electrons. The van der Waals surface area contributed by atoms with E-state index in [9.17, 15) is 18.0 Å². The van der Waals surface area contributed by atoms with Crippen LogP contribution in [0.25, 0.3) is 5.65 Å². The Hall–Kier alpha value is -1.48. The van der Waals surface area contributed by atoms with E-state index >= 15 is 0 Å². The number of halogens is 4. The summed E-state index contributed by atoms with van der Waals surface area (Å²) in [4.78, 5) is 11.6. The first-order chi connectivity index (χ1) is 10.8. The largest absolute Gasteiger partial charge is 0.417 e. The second-order valence-corrected chi connectivity index (χ2v) is 6.09. The lowest BCUT2D eigenvalue weighted by atomic mass is 10.3. The SMILES string of the molecule is CCCCNC(=O)CSc1nnc2c(Cl)cc(C(F)(F)F)cn12. The number of rotatable bonds is 6. The Kier molecular flexibility index (Phi) is 5.74. The third kappa shape index (κ3) is 4.51. The summed E-state index contributed by atoms with van der Waals surface area (Å²) in [5.74, 6) is -0.170. The summed E-state index contributed by atoms with van der Waals surface area (Å²) in [5, 5.41) is 10.3. The summed E-state index contributed by atoms with van der Waals surface area (Å²) < 4.78 is 39.7. The number of nitrogens with one attached hydrogen (secondary N) is 1. The molecule has 0 saturated carbocycles. The molecule has 0 atom stereocenters. The molecule has 2 rings (SSSR count). The van der Waals surface area contributed by atoms with Crippen LogP contribution in [0, 0.1) is 0 Å². The van der Waals surface area contributed by atoms with E-state index in [1.54, 1.807) is 0 Å². The minimum absolute atomic E-state index is 0.0401. The van der Waals surface area contributed by atoms with Crippen LogP contribution in [0.2, 0.25) is 5.02 Å². The molecule has 1 N–H and O–H groups in total. The molecular formula is C13H14ClF3N4OS. The lowest BCUT2D eigenvalue weighted by Gasteiger charge is -2.08. The van der Waals surface area contributed by atoms with Gasteiger partial charge in [-0.1, -0.05) is 36.7 Å². The molecule has 10 heteroatoms. The van der Waals surface area contributed by atoms with Crippen molar-refractivity contribution in [3.05, 3.63) is 22.8 Å². The highest BCUT2D eigenvalue weighted by atomic mass is 35.5. The summed E-state index contributed by atoms with van der Waals surface area (Å²) in [5.41, 5.74) is -0.780. The second-order valence-electron chi connectivity index (χ2n) is 4.74. The first-order valence-electron chi connectivity index (χ1n) is 6.84. The Labute approximate surface area is 139 Å². The van der Waals surface area contributed by atoms with E-state index < -0.39 is 11.7 Å². The predicted molar refractivity (Wildman–Crippen MR) is 81.6 cm³/mol. The standard InChI is InChI=1S/C13H14ClF3N4OS/c1-2-3-4-18-10(22)7-23-12-20-19-11-9(14)5-8(6-21(11)12)13(15,16)17/h5-6H,2-4,7H2,1H3,(H,18,22). The normalized spacial score (nSPS) is 11.9. The van der Waals surface area contributed by atoms with Crippen LogP contribution < -0.4 is 5.32 Å². The van der Waals surface area contributed by atoms with Crippen molar-refractivity contribution in [2.45, 2.75) is 31.1 Å². The van der Waals surface area contributed by atoms with Crippen molar-refractivity contribution in [1.29, 1.82) is 0 Å². The fourth-order valence-electron chi connectivity index (χ4n) is 1.77. The second kappa shape index (κ2) is 7.39. The summed E-state index contributed by atoms with van der Waals surface area (Å²) in [6, 6.07) is 0.803. The third-order valence-corrected chi connectivity index (χ3v) is 4.16. The van der Waals surface area contributed by atoms with Crippen LogP contribution in [0.3, 0.4) is 0 Å². The van der Waals surface area contributed by atoms with Gasteiger partial charge in [-0.15, -0.1) is 10.2 Å². The Morgan fingerprint density at radius 1 is 1.43 bits per heavy atom. The van der Waals surface area contributed by atoms with Crippen molar-refractivity contribution >= 4 is 34.9 Å². The number of aromatic nitrogens is 3. The number of nitrogens with zero attached hydrogens (tertiary/aromatic N) is 3. The monoisotopic (exact) mass is 366 g/mol. The van der Waals surface area contributed by atoms with Gasteiger partial charge in [0.2, 0.25) is 5.91 Å². The first kappa shape index (κ1) is 17.9. The van der Waals surface area contributed by atoms with Crippen molar-refractivity contribution in [2.75, 3.05) is 12.3 Å². The average Bonchev–Trinajstić information content (AvgIpc) is 2.88. The molecule has 2 heterocycles. The maximum Gasteiger partial charge on any atom is 0.417 e. The number of hydrogen-bond donors (Lipinski definition) is 1. The maximum atomic E-state index is 12.8. The Balaban J connectivity index is 2.15. The first-order valence-corrected chi connectivity index (χ1v) is 8.20. The van der Waals surface area contributed by atoms with Gasteiger partial charge in [-0.05, 0) is 12.5 Å². The van der Waals surface area contributed by atoms with Crippen molar-refractivity contribution in [1.82, 2.24) is 19.9 Å². The predicted octanol–water partition coefficient (Wildman–Crippen LogP) is 3.41. The van der Waals surface area contributed by atoms with E-state index in [-0.39, 0.29) is 27.5 Å². The number of carbonyl (C=O) groups excluding carboxylic acids is 1. The Morgan fingerprint density at radius 3 is 2.83 bits per heavy atom. The molecule has 23 heavy (non-hydrogen) atoms. The number of pyridine rings is 1. The highest BCUT2D eigenvalue weighted by Crippen LogP contribution is 2.33. The fraction of sp³-hybridized carbons (Fsp3) is 0.462. The van der Waals surface area contributed by atoms with Gasteiger partial charge in [0.15, 0.2) is 10.8 Å². The number of unbranched alkanes of at least 4 members (excludes halogenated alkanes) is 1. The van der Waals surface area contributed by atoms with Crippen molar-refractivity contribution in [3.8, 4) is 0 Å². The van der Waals surface area contributed by atoms with Crippen LogP contribution in [0.5, 0.6) is 0 Å². The molecule has 0 spiro atoms. The zero-order valence-electron chi connectivity index (χ0n) is 12.2. The Bertz CT molecular complexity index is 704. The van der Waals surface area contributed by atoms with Gasteiger partial charge in [-0.2, -0.15) is 13.2 Å². The fourth-order valence-corrected chi connectivity index (χ4v) is 2.76. The number of alkyl halides is 3. The maximum absolute atomic E-state index is 12.8. The lowest BCUT2D eigenvalue weighted by molar-refractivity contribution is -0.137. The average molecular weight is 367 g/mol. The van der Waals surface area contributed by atoms with E-state index in [0.29, 0.717) is 6.54 Å². The number of carbonyl (C=O) groups is 1. The molecule has 0 aromatic carbocycles. The molecule has 0 unspecified atom stereocenters. The van der Waals surface area contributed by atoms with E-state index in [4.69, 9.17) is 11.6 Å². The van der Waals surface area contributed by atoms with E-state index in [1.165, 1.54) is 0 Å². The van der Waals surface area contributed by atoms with E-state index in [0.717, 1.165) is 41.3 Å². The zero-order chi connectivity index (χ0) is 17.0. The smallest absolute Gasteiger partial charge is 0.355 e. The quantitative estimate of drug-likeness (QED) is 0.628. The van der Waals surface area contributed by atoms with Gasteiger partial charge < -0.3 is 5.32 Å². The molecule has 0 fully saturated rings. The van der Waals surface area contributed by atoms with Gasteiger partial charge in [0.05, 0.1) is 16.3 Å². The number of fused-ring (bicyclic) bond motifs is 1. The van der Waals surface area contributed by atoms with Crippen molar-refractivity contribution in [3.63, 3.8) is 0 Å². The van der Waals surface area contributed by atoms with Crippen LogP contribution >= 0.6 is 23.4 Å². The van der Waals surface area contributed by atoms with Gasteiger partial charge >= 0.3 is 6.18 Å². The molecule has 2 aromatic rings. The van der Waals surface area contributed by atoms with Gasteiger partial charge in [-0.25, -0.2) is 0 Å². The Morgan fingerprint density at radius 2 is 2.17 bits per heavy atom. The van der Waals surface area contributed by atoms with Crippen molar-refractivity contribution in [2.24, 2.45) is 0 Å². The third-order valence-electron chi connectivity index (χ3n) is 2.94. The van der Waals surface area contributed by atoms with Gasteiger partial charge in [0, 0.05) is 12.7 Å². The molecule has 2 aromatic heterocycles. The molecular weight excluding hydrogens is 353 g/mol. The zero-order valence-corrected chi connectivity index (χ0v) is 13.7. The van der Waals surface area contributed by atoms with Crippen LogP contribution in [0.1, 0.15) is 25.3 Å². The van der Waals surface area contributed by atoms with Crippen LogP contribution in [-0.4, -0.2) is 32.8 Å². The molecule has 0 aliphatic heterocycles. The van der Waals surface area contributed by atoms with Crippen LogP contribution in [0.15, 0.2) is 17.4 Å². The van der Waals surface area contributed by atoms with Crippen molar-refractivity contribution < 1.29 is 18.0 Å². The summed E-state index contributed by atoms with van der Waals surface area (Å²) in [6.07, 6.45) is -1.82. The number of amides is 1. The molecule has 0 aliphatic carbocycles. The molecule has 0 aliphatic rings. The number of thioether (sulfide) groups is 1.